The van der Waals surface area contributed by atoms with Crippen LogP contribution in [0, 0.1) is 10.8 Å². The lowest BCUT2D eigenvalue weighted by Crippen LogP contribution is -2.50. The third-order valence-corrected chi connectivity index (χ3v) is 5.59. The van der Waals surface area contributed by atoms with E-state index in [2.05, 4.69) is 9.47 Å². The van der Waals surface area contributed by atoms with E-state index >= 15 is 0 Å². The van der Waals surface area contributed by atoms with E-state index in [0.29, 0.717) is 0 Å². The zero-order valence-electron chi connectivity index (χ0n) is 13.0. The fraction of sp³-hybridized carbons (Fsp3) is 0.857. The number of hydrogen-bond donors (Lipinski definition) is 4. The standard InChI is InChI=1S/C14H22O8/c1-10(2)5-12(10,18)14(20)11(3,4)13(14,19)8(16)9(17)22-7-21-6-15/h6,8,16,18-20H,5,7H2,1-4H3/t8-,12-,13-,14-/m0/s1. The zero-order chi connectivity index (χ0) is 17.2. The van der Waals surface area contributed by atoms with Crippen LogP contribution >= 0.6 is 0 Å². The van der Waals surface area contributed by atoms with Crippen LogP contribution < -0.4 is 0 Å². The lowest BCUT2D eigenvalue weighted by Gasteiger charge is -2.27. The summed E-state index contributed by atoms with van der Waals surface area (Å²) in [5, 5.41) is 42.3. The first-order valence-electron chi connectivity index (χ1n) is 6.92. The molecule has 8 nitrogen and oxygen atoms in total. The monoisotopic (exact) mass is 318 g/mol. The van der Waals surface area contributed by atoms with E-state index in [0.717, 1.165) is 0 Å². The summed E-state index contributed by atoms with van der Waals surface area (Å²) in [6.45, 7) is 5.64. The molecule has 0 aliphatic heterocycles. The van der Waals surface area contributed by atoms with E-state index in [4.69, 9.17) is 0 Å². The van der Waals surface area contributed by atoms with Gasteiger partial charge in [0.1, 0.15) is 16.8 Å². The number of rotatable bonds is 6. The third-order valence-electron chi connectivity index (χ3n) is 5.59. The van der Waals surface area contributed by atoms with Crippen molar-refractivity contribution in [3.63, 3.8) is 0 Å². The van der Waals surface area contributed by atoms with Crippen molar-refractivity contribution in [3.05, 3.63) is 0 Å². The van der Waals surface area contributed by atoms with Gasteiger partial charge in [-0.15, -0.1) is 0 Å². The fourth-order valence-corrected chi connectivity index (χ4v) is 3.82. The normalized spacial score (nSPS) is 42.2. The quantitative estimate of drug-likeness (QED) is 0.205. The highest BCUT2D eigenvalue weighted by molar-refractivity contribution is 5.79. The number of esters is 1. The molecule has 2 fully saturated rings. The maximum absolute atomic E-state index is 11.8. The minimum atomic E-state index is -2.28. The molecular weight excluding hydrogens is 296 g/mol. The van der Waals surface area contributed by atoms with Gasteiger partial charge < -0.3 is 29.9 Å². The molecule has 4 atom stereocenters. The van der Waals surface area contributed by atoms with Crippen molar-refractivity contribution in [3.8, 4) is 0 Å². The molecule has 0 aromatic heterocycles. The summed E-state index contributed by atoms with van der Waals surface area (Å²) in [5.74, 6) is -1.25. The smallest absolute Gasteiger partial charge is 0.341 e. The summed E-state index contributed by atoms with van der Waals surface area (Å²) < 4.78 is 8.66. The SMILES string of the molecule is CC1(C)C[C@@]1(O)[C@@]1(O)C(C)(C)[C@@]1(O)[C@@H](O)C(=O)OCOC=O. The fourth-order valence-electron chi connectivity index (χ4n) is 3.82. The van der Waals surface area contributed by atoms with Crippen molar-refractivity contribution in [2.24, 2.45) is 10.8 Å². The second-order valence-electron chi connectivity index (χ2n) is 7.27. The van der Waals surface area contributed by atoms with Crippen molar-refractivity contribution in [2.45, 2.75) is 57.0 Å². The molecule has 0 amide bonds. The molecular formula is C14H22O8. The molecule has 8 heteroatoms. The first-order chi connectivity index (χ1) is 9.85. The highest BCUT2D eigenvalue weighted by Crippen LogP contribution is 2.79. The van der Waals surface area contributed by atoms with Gasteiger partial charge in [-0.25, -0.2) is 4.79 Å². The average molecular weight is 318 g/mol. The highest BCUT2D eigenvalue weighted by atomic mass is 16.7. The van der Waals surface area contributed by atoms with Gasteiger partial charge in [0.25, 0.3) is 6.47 Å². The van der Waals surface area contributed by atoms with E-state index in [-0.39, 0.29) is 12.9 Å². The molecule has 126 valence electrons. The van der Waals surface area contributed by atoms with E-state index in [1.165, 1.54) is 13.8 Å². The van der Waals surface area contributed by atoms with Gasteiger partial charge in [0.2, 0.25) is 6.79 Å². The van der Waals surface area contributed by atoms with Crippen molar-refractivity contribution in [1.29, 1.82) is 0 Å². The Morgan fingerprint density at radius 1 is 1.23 bits per heavy atom. The number of aliphatic hydroxyl groups is 4. The van der Waals surface area contributed by atoms with Crippen molar-refractivity contribution in [1.82, 2.24) is 0 Å². The van der Waals surface area contributed by atoms with E-state index < -0.39 is 46.5 Å². The van der Waals surface area contributed by atoms with Crippen LogP contribution in [0.3, 0.4) is 0 Å². The van der Waals surface area contributed by atoms with E-state index in [1.54, 1.807) is 13.8 Å². The van der Waals surface area contributed by atoms with Gasteiger partial charge in [-0.05, 0) is 11.8 Å². The Morgan fingerprint density at radius 3 is 2.14 bits per heavy atom. The largest absolute Gasteiger partial charge is 0.430 e. The van der Waals surface area contributed by atoms with Gasteiger partial charge in [0.05, 0.1) is 0 Å². The zero-order valence-corrected chi connectivity index (χ0v) is 13.0. The minimum absolute atomic E-state index is 0.0568. The lowest BCUT2D eigenvalue weighted by atomic mass is 9.93. The molecule has 0 saturated heterocycles. The molecule has 22 heavy (non-hydrogen) atoms. The van der Waals surface area contributed by atoms with Crippen LogP contribution in [-0.4, -0.2) is 62.6 Å². The summed E-state index contributed by atoms with van der Waals surface area (Å²) in [7, 11) is 0. The maximum Gasteiger partial charge on any atom is 0.341 e. The molecule has 2 saturated carbocycles. The van der Waals surface area contributed by atoms with Gasteiger partial charge in [-0.3, -0.25) is 4.79 Å². The van der Waals surface area contributed by atoms with Gasteiger partial charge in [0, 0.05) is 5.41 Å². The van der Waals surface area contributed by atoms with E-state index in [9.17, 15) is 30.0 Å². The predicted octanol–water partition coefficient (Wildman–Crippen LogP) is -1.32. The van der Waals surface area contributed by atoms with Gasteiger partial charge >= 0.3 is 5.97 Å². The summed E-state index contributed by atoms with van der Waals surface area (Å²) in [6, 6.07) is 0. The van der Waals surface area contributed by atoms with Crippen LogP contribution in [-0.2, 0) is 19.1 Å². The molecule has 4 N–H and O–H groups in total. The molecule has 0 unspecified atom stereocenters. The molecule has 2 aliphatic carbocycles. The Labute approximate surface area is 127 Å². The summed E-state index contributed by atoms with van der Waals surface area (Å²) >= 11 is 0. The molecule has 2 aliphatic rings. The Kier molecular flexibility index (Phi) is 3.43. The molecule has 0 radical (unpaired) electrons. The predicted molar refractivity (Wildman–Crippen MR) is 71.1 cm³/mol. The number of hydrogen-bond acceptors (Lipinski definition) is 8. The Morgan fingerprint density at radius 2 is 1.73 bits per heavy atom. The van der Waals surface area contributed by atoms with E-state index in [1.807, 2.05) is 0 Å². The molecule has 0 spiro atoms. The first kappa shape index (κ1) is 17.1. The molecule has 0 heterocycles. The first-order valence-corrected chi connectivity index (χ1v) is 6.92. The van der Waals surface area contributed by atoms with Crippen molar-refractivity contribution >= 4 is 12.4 Å². The van der Waals surface area contributed by atoms with Gasteiger partial charge in [-0.1, -0.05) is 27.7 Å². The third kappa shape index (κ3) is 1.61. The second kappa shape index (κ2) is 4.41. The number of ether oxygens (including phenoxy) is 2. The van der Waals surface area contributed by atoms with Crippen LogP contribution in [0.4, 0.5) is 0 Å². The highest BCUT2D eigenvalue weighted by Gasteiger charge is 2.97. The van der Waals surface area contributed by atoms with Crippen molar-refractivity contribution < 1.29 is 39.5 Å². The number of aliphatic hydroxyl groups excluding tert-OH is 1. The van der Waals surface area contributed by atoms with Crippen LogP contribution in [0.1, 0.15) is 34.1 Å². The molecule has 0 aromatic rings. The average Bonchev–Trinajstić information content (AvgIpc) is 3.08. The topological polar surface area (TPSA) is 134 Å². The summed E-state index contributed by atoms with van der Waals surface area (Å²) in [5.41, 5.74) is -7.97. The Hall–Kier alpha value is -1.22. The molecule has 0 aromatic carbocycles. The van der Waals surface area contributed by atoms with Crippen molar-refractivity contribution in [2.75, 3.05) is 6.79 Å². The molecule has 2 rings (SSSR count). The van der Waals surface area contributed by atoms with Crippen LogP contribution in [0.15, 0.2) is 0 Å². The second-order valence-corrected chi connectivity index (χ2v) is 7.27. The van der Waals surface area contributed by atoms with Gasteiger partial charge in [0.15, 0.2) is 6.10 Å². The molecule has 0 bridgehead atoms. The number of carbonyl (C=O) groups excluding carboxylic acids is 2. The Bertz CT molecular complexity index is 515. The Balaban J connectivity index is 2.23. The number of carbonyl (C=O) groups is 2. The van der Waals surface area contributed by atoms with Crippen LogP contribution in [0.5, 0.6) is 0 Å². The minimum Gasteiger partial charge on any atom is -0.430 e. The lowest BCUT2D eigenvalue weighted by molar-refractivity contribution is -0.182. The van der Waals surface area contributed by atoms with Gasteiger partial charge in [-0.2, -0.15) is 0 Å². The maximum atomic E-state index is 11.8. The van der Waals surface area contributed by atoms with Crippen LogP contribution in [0.2, 0.25) is 0 Å². The summed E-state index contributed by atoms with van der Waals surface area (Å²) in [6.07, 6.45) is -1.87. The van der Waals surface area contributed by atoms with Crippen LogP contribution in [0.25, 0.3) is 0 Å². The summed E-state index contributed by atoms with van der Waals surface area (Å²) in [4.78, 5) is 21.8.